The van der Waals surface area contributed by atoms with E-state index in [0.717, 1.165) is 0 Å². The van der Waals surface area contributed by atoms with Gasteiger partial charge in [-0.25, -0.2) is 14.8 Å². The Labute approximate surface area is 192 Å². The molecule has 2 rings (SSSR count). The molecule has 0 spiro atoms. The summed E-state index contributed by atoms with van der Waals surface area (Å²) in [7, 11) is 0. The highest BCUT2D eigenvalue weighted by atomic mass is 16.4. The number of nitrogens with two attached hydrogens (primary N) is 1. The van der Waals surface area contributed by atoms with Crippen molar-refractivity contribution in [3.8, 4) is 0 Å². The van der Waals surface area contributed by atoms with Gasteiger partial charge in [-0.3, -0.25) is 19.2 Å². The van der Waals surface area contributed by atoms with E-state index in [9.17, 15) is 34.2 Å². The molecule has 15 nitrogen and oxygen atoms in total. The van der Waals surface area contributed by atoms with Crippen LogP contribution in [0.5, 0.6) is 0 Å². The lowest BCUT2D eigenvalue weighted by atomic mass is 10.1. The number of imidazole rings is 2. The van der Waals surface area contributed by atoms with E-state index < -0.39 is 60.2 Å². The predicted molar refractivity (Wildman–Crippen MR) is 114 cm³/mol. The van der Waals surface area contributed by atoms with Crippen molar-refractivity contribution in [1.82, 2.24) is 35.9 Å². The molecule has 0 saturated heterocycles. The van der Waals surface area contributed by atoms with E-state index in [-0.39, 0.29) is 12.8 Å². The summed E-state index contributed by atoms with van der Waals surface area (Å²) in [6.45, 7) is 1.41. The molecule has 184 valence electrons. The highest BCUT2D eigenvalue weighted by molar-refractivity contribution is 5.95. The quantitative estimate of drug-likeness (QED) is 0.148. The minimum atomic E-state index is -1.62. The van der Waals surface area contributed by atoms with E-state index in [1.54, 1.807) is 0 Å². The number of H-pyrrole nitrogens is 2. The average molecular weight is 478 g/mol. The number of carbonyl (C=O) groups is 5. The van der Waals surface area contributed by atoms with Gasteiger partial charge >= 0.3 is 11.9 Å². The molecule has 0 aliphatic carbocycles. The van der Waals surface area contributed by atoms with Crippen molar-refractivity contribution in [3.63, 3.8) is 0 Å². The first kappa shape index (κ1) is 26.0. The molecule has 2 heterocycles. The lowest BCUT2D eigenvalue weighted by Crippen LogP contribution is -2.58. The van der Waals surface area contributed by atoms with Gasteiger partial charge in [0.25, 0.3) is 0 Å². The van der Waals surface area contributed by atoms with Crippen molar-refractivity contribution in [2.75, 3.05) is 0 Å². The van der Waals surface area contributed by atoms with Gasteiger partial charge in [0.05, 0.1) is 25.1 Å². The summed E-state index contributed by atoms with van der Waals surface area (Å²) in [4.78, 5) is 73.6. The monoisotopic (exact) mass is 478 g/mol. The number of aromatic nitrogens is 4. The number of aliphatic carboxylic acids is 2. The Morgan fingerprint density at radius 2 is 1.32 bits per heavy atom. The van der Waals surface area contributed by atoms with Gasteiger partial charge in [-0.2, -0.15) is 0 Å². The Morgan fingerprint density at radius 1 is 0.853 bits per heavy atom. The highest BCUT2D eigenvalue weighted by Crippen LogP contribution is 2.04. The second-order valence-electron chi connectivity index (χ2n) is 7.47. The third-order valence-corrected chi connectivity index (χ3v) is 4.63. The summed E-state index contributed by atoms with van der Waals surface area (Å²) in [5.74, 6) is -5.33. The van der Waals surface area contributed by atoms with Crippen LogP contribution in [0.3, 0.4) is 0 Å². The van der Waals surface area contributed by atoms with E-state index in [2.05, 4.69) is 35.9 Å². The van der Waals surface area contributed by atoms with Crippen LogP contribution in [0.15, 0.2) is 25.0 Å². The van der Waals surface area contributed by atoms with Gasteiger partial charge < -0.3 is 41.9 Å². The fourth-order valence-corrected chi connectivity index (χ4v) is 2.87. The predicted octanol–water partition coefficient (Wildman–Crippen LogP) is -2.72. The largest absolute Gasteiger partial charge is 0.481 e. The number of nitrogens with zero attached hydrogens (tertiary/aromatic N) is 2. The fraction of sp³-hybridized carbons (Fsp3) is 0.421. The molecule has 3 amide bonds. The Hall–Kier alpha value is -4.27. The first-order chi connectivity index (χ1) is 16.1. The zero-order valence-corrected chi connectivity index (χ0v) is 18.1. The van der Waals surface area contributed by atoms with Crippen LogP contribution in [0.2, 0.25) is 0 Å². The number of nitrogens with one attached hydrogen (secondary N) is 5. The molecule has 4 atom stereocenters. The van der Waals surface area contributed by atoms with Crippen LogP contribution in [0.25, 0.3) is 0 Å². The van der Waals surface area contributed by atoms with Gasteiger partial charge in [-0.15, -0.1) is 0 Å². The molecule has 9 N–H and O–H groups in total. The summed E-state index contributed by atoms with van der Waals surface area (Å²) >= 11 is 0. The van der Waals surface area contributed by atoms with Crippen molar-refractivity contribution in [2.45, 2.75) is 50.4 Å². The van der Waals surface area contributed by atoms with E-state index in [1.807, 2.05) is 0 Å². The number of rotatable bonds is 13. The van der Waals surface area contributed by atoms with Gasteiger partial charge in [0, 0.05) is 36.6 Å². The van der Waals surface area contributed by atoms with Crippen molar-refractivity contribution in [1.29, 1.82) is 0 Å². The molecule has 15 heteroatoms. The molecule has 0 fully saturated rings. The average Bonchev–Trinajstić information content (AvgIpc) is 3.45. The van der Waals surface area contributed by atoms with Crippen LogP contribution in [-0.2, 0) is 36.8 Å². The smallest absolute Gasteiger partial charge is 0.326 e. The number of carboxylic acids is 2. The van der Waals surface area contributed by atoms with E-state index in [4.69, 9.17) is 5.73 Å². The van der Waals surface area contributed by atoms with Crippen molar-refractivity contribution in [3.05, 3.63) is 36.4 Å². The van der Waals surface area contributed by atoms with Gasteiger partial charge in [-0.1, -0.05) is 0 Å². The maximum atomic E-state index is 12.9. The number of amides is 3. The lowest BCUT2D eigenvalue weighted by Gasteiger charge is -2.24. The number of aromatic amines is 2. The summed E-state index contributed by atoms with van der Waals surface area (Å²) in [5.41, 5.74) is 6.45. The number of hydrogen-bond donors (Lipinski definition) is 8. The highest BCUT2D eigenvalue weighted by Gasteiger charge is 2.31. The Morgan fingerprint density at radius 3 is 1.76 bits per heavy atom. The lowest BCUT2D eigenvalue weighted by molar-refractivity contribution is -0.143. The van der Waals surface area contributed by atoms with Gasteiger partial charge in [0.2, 0.25) is 17.7 Å². The van der Waals surface area contributed by atoms with Crippen molar-refractivity contribution < 1.29 is 34.2 Å². The summed E-state index contributed by atoms with van der Waals surface area (Å²) < 4.78 is 0. The fourth-order valence-electron chi connectivity index (χ4n) is 2.87. The summed E-state index contributed by atoms with van der Waals surface area (Å²) in [6.07, 6.45) is 4.47. The second kappa shape index (κ2) is 12.1. The van der Waals surface area contributed by atoms with Crippen molar-refractivity contribution >= 4 is 29.7 Å². The molecule has 4 unspecified atom stereocenters. The molecular weight excluding hydrogens is 452 g/mol. The zero-order chi connectivity index (χ0) is 25.3. The normalized spacial score (nSPS) is 14.3. The summed E-state index contributed by atoms with van der Waals surface area (Å²) in [5, 5.41) is 25.6. The number of hydrogen-bond acceptors (Lipinski definition) is 8. The maximum Gasteiger partial charge on any atom is 0.326 e. The number of carbonyl (C=O) groups excluding carboxylic acids is 3. The molecule has 2 aromatic heterocycles. The van der Waals surface area contributed by atoms with Crippen molar-refractivity contribution in [2.24, 2.45) is 5.73 Å². The summed E-state index contributed by atoms with van der Waals surface area (Å²) in [6, 6.07) is -5.19. The molecule has 0 aromatic carbocycles. The Kier molecular flexibility index (Phi) is 9.25. The molecular formula is C19H26N8O7. The molecule has 34 heavy (non-hydrogen) atoms. The Bertz CT molecular complexity index is 990. The van der Waals surface area contributed by atoms with Crippen LogP contribution in [0, 0.1) is 0 Å². The maximum absolute atomic E-state index is 12.9. The van der Waals surface area contributed by atoms with E-state index >= 15 is 0 Å². The minimum absolute atomic E-state index is 0.0523. The van der Waals surface area contributed by atoms with Crippen LogP contribution in [0.1, 0.15) is 24.7 Å². The van der Waals surface area contributed by atoms with Crippen LogP contribution < -0.4 is 21.7 Å². The third-order valence-electron chi connectivity index (χ3n) is 4.63. The molecule has 0 bridgehead atoms. The molecule has 0 aliphatic heterocycles. The van der Waals surface area contributed by atoms with Crippen LogP contribution in [-0.4, -0.2) is 84.0 Å². The first-order valence-corrected chi connectivity index (χ1v) is 10.1. The third kappa shape index (κ3) is 8.01. The first-order valence-electron chi connectivity index (χ1n) is 10.1. The van der Waals surface area contributed by atoms with E-state index in [1.165, 1.54) is 32.0 Å². The standard InChI is InChI=1S/C19H26N8O7/c1-9(20)16(30)25-12(2-10-5-21-7-23-10)17(31)26-13(4-15(28)29)18(32)27-14(19(33)34)3-11-6-22-8-24-11/h5-9,12-14H,2-4,20H2,1H3,(H,21,23)(H,22,24)(H,25,30)(H,26,31)(H,27,32)(H,28,29)(H,33,34). The van der Waals surface area contributed by atoms with E-state index in [0.29, 0.717) is 11.4 Å². The minimum Gasteiger partial charge on any atom is -0.481 e. The van der Waals surface area contributed by atoms with Crippen LogP contribution in [0.4, 0.5) is 0 Å². The van der Waals surface area contributed by atoms with Gasteiger partial charge in [0.15, 0.2) is 0 Å². The Balaban J connectivity index is 2.16. The second-order valence-corrected chi connectivity index (χ2v) is 7.47. The molecule has 0 aliphatic rings. The molecule has 0 saturated carbocycles. The number of carboxylic acid groups (broad SMARTS) is 2. The van der Waals surface area contributed by atoms with Crippen LogP contribution >= 0.6 is 0 Å². The zero-order valence-electron chi connectivity index (χ0n) is 18.1. The molecule has 0 radical (unpaired) electrons. The van der Waals surface area contributed by atoms with Gasteiger partial charge in [-0.05, 0) is 6.92 Å². The SMILES string of the molecule is CC(N)C(=O)NC(Cc1cnc[nH]1)C(=O)NC(CC(=O)O)C(=O)NC(Cc1cnc[nH]1)C(=O)O. The molecule has 2 aromatic rings. The van der Waals surface area contributed by atoms with Gasteiger partial charge in [0.1, 0.15) is 18.1 Å². The topological polar surface area (TPSA) is 245 Å².